The molecule has 0 aromatic carbocycles. The summed E-state index contributed by atoms with van der Waals surface area (Å²) in [6.45, 7) is 3.81. The van der Waals surface area contributed by atoms with E-state index >= 15 is 0 Å². The number of likely N-dealkylation sites (tertiary alicyclic amines) is 1. The third kappa shape index (κ3) is 1.88. The van der Waals surface area contributed by atoms with E-state index in [1.807, 2.05) is 0 Å². The van der Waals surface area contributed by atoms with Crippen LogP contribution in [0, 0.1) is 40.4 Å². The number of methoxy groups -OCH3 is 2. The van der Waals surface area contributed by atoms with Crippen LogP contribution in [0.2, 0.25) is 0 Å². The first-order chi connectivity index (χ1) is 14.4. The fourth-order valence-corrected chi connectivity index (χ4v) is 10.4. The Morgan fingerprint density at radius 3 is 2.53 bits per heavy atom. The molecule has 0 unspecified atom stereocenters. The van der Waals surface area contributed by atoms with E-state index in [-0.39, 0.29) is 59.9 Å². The Morgan fingerprint density at radius 1 is 1.13 bits per heavy atom. The minimum atomic E-state index is -1.09. The summed E-state index contributed by atoms with van der Waals surface area (Å²) in [6.07, 6.45) is 1.16. The summed E-state index contributed by atoms with van der Waals surface area (Å²) in [4.78, 5) is 2.42. The largest absolute Gasteiger partial charge is 0.396 e. The molecule has 5 aliphatic carbocycles. The number of aliphatic hydroxyl groups is 4. The van der Waals surface area contributed by atoms with Crippen LogP contribution in [0.3, 0.4) is 0 Å². The Balaban J connectivity index is 1.64. The van der Waals surface area contributed by atoms with Gasteiger partial charge in [-0.1, -0.05) is 6.92 Å². The molecule has 1 spiro atoms. The summed E-state index contributed by atoms with van der Waals surface area (Å²) in [7, 11) is 3.40. The van der Waals surface area contributed by atoms with Gasteiger partial charge in [-0.3, -0.25) is 4.90 Å². The SMILES string of the molecule is CCN1C[C@]2(CO)CC[C@H](O)[C@@]34[C@@H]5C[C@H]6[C@H](O)[C@@H]5[C@@](O)(C[C@@H]6OC)[C@@H]([C@@H](OC)[C@H]23)[C@@H]14. The van der Waals surface area contributed by atoms with Gasteiger partial charge < -0.3 is 29.9 Å². The van der Waals surface area contributed by atoms with Crippen molar-refractivity contribution in [3.05, 3.63) is 0 Å². The Labute approximate surface area is 178 Å². The van der Waals surface area contributed by atoms with Crippen LogP contribution in [0.1, 0.15) is 32.6 Å². The summed E-state index contributed by atoms with van der Waals surface area (Å²) < 4.78 is 12.0. The highest BCUT2D eigenvalue weighted by Gasteiger charge is 2.86. The van der Waals surface area contributed by atoms with E-state index < -0.39 is 23.2 Å². The van der Waals surface area contributed by atoms with Crippen molar-refractivity contribution < 1.29 is 29.9 Å². The van der Waals surface area contributed by atoms with Crippen LogP contribution in [0.4, 0.5) is 0 Å². The molecule has 6 fully saturated rings. The Kier molecular flexibility index (Phi) is 4.19. The van der Waals surface area contributed by atoms with E-state index in [1.54, 1.807) is 14.2 Å². The van der Waals surface area contributed by atoms with Crippen LogP contribution in [0.15, 0.2) is 0 Å². The van der Waals surface area contributed by atoms with Gasteiger partial charge in [0.1, 0.15) is 0 Å². The molecule has 4 N–H and O–H groups in total. The van der Waals surface area contributed by atoms with E-state index in [2.05, 4.69) is 11.8 Å². The predicted molar refractivity (Wildman–Crippen MR) is 107 cm³/mol. The maximum atomic E-state index is 12.4. The molecule has 13 atom stereocenters. The van der Waals surface area contributed by atoms with Gasteiger partial charge in [0, 0.05) is 67.7 Å². The van der Waals surface area contributed by atoms with Crippen molar-refractivity contribution in [3.8, 4) is 0 Å². The standard InChI is InChI=1S/C23H37NO6/c1-4-24-9-21(10-25)6-5-14(26)23-12-7-11-13(29-2)8-22(28,15(12)17(11)27)16(20(23)24)18(30-3)19(21)23/h11-20,25-28H,4-10H2,1-3H3/t11-,12-,13+,14+,15-,16+,17+,18-,19-,20-,21+,22+,23+/m1/s1. The summed E-state index contributed by atoms with van der Waals surface area (Å²) in [6, 6.07) is 0.000214. The third-order valence-electron chi connectivity index (χ3n) is 11.0. The molecule has 6 aliphatic rings. The third-order valence-corrected chi connectivity index (χ3v) is 11.0. The second-order valence-electron chi connectivity index (χ2n) is 11.3. The fraction of sp³-hybridized carbons (Fsp3) is 1.00. The lowest BCUT2D eigenvalue weighted by molar-refractivity contribution is -0.271. The maximum absolute atomic E-state index is 12.4. The highest BCUT2D eigenvalue weighted by Crippen LogP contribution is 2.79. The second-order valence-corrected chi connectivity index (χ2v) is 11.3. The van der Waals surface area contributed by atoms with Gasteiger partial charge >= 0.3 is 0 Å². The zero-order valence-corrected chi connectivity index (χ0v) is 18.3. The maximum Gasteiger partial charge on any atom is 0.0796 e. The van der Waals surface area contributed by atoms with Crippen LogP contribution in [-0.2, 0) is 9.47 Å². The number of hydrogen-bond acceptors (Lipinski definition) is 7. The normalized spacial score (nSPS) is 63.3. The van der Waals surface area contributed by atoms with Gasteiger partial charge in [0.25, 0.3) is 0 Å². The number of rotatable bonds is 4. The molecule has 30 heavy (non-hydrogen) atoms. The Bertz CT molecular complexity index is 736. The minimum absolute atomic E-state index is 0.000214. The van der Waals surface area contributed by atoms with E-state index in [0.717, 1.165) is 25.9 Å². The molecule has 0 aromatic heterocycles. The molecule has 1 saturated heterocycles. The van der Waals surface area contributed by atoms with Gasteiger partial charge in [-0.25, -0.2) is 0 Å². The fourth-order valence-electron chi connectivity index (χ4n) is 10.4. The van der Waals surface area contributed by atoms with Gasteiger partial charge in [-0.05, 0) is 31.7 Å². The first-order valence-corrected chi connectivity index (χ1v) is 11.8. The topological polar surface area (TPSA) is 103 Å². The van der Waals surface area contributed by atoms with E-state index in [0.29, 0.717) is 12.8 Å². The number of piperidine rings is 1. The van der Waals surface area contributed by atoms with Gasteiger partial charge in [-0.2, -0.15) is 0 Å². The quantitative estimate of drug-likeness (QED) is 0.499. The van der Waals surface area contributed by atoms with E-state index in [1.165, 1.54) is 0 Å². The number of hydrogen-bond donors (Lipinski definition) is 4. The van der Waals surface area contributed by atoms with E-state index in [9.17, 15) is 20.4 Å². The molecule has 0 radical (unpaired) electrons. The first-order valence-electron chi connectivity index (χ1n) is 11.8. The molecule has 0 amide bonds. The Hall–Kier alpha value is -0.280. The summed E-state index contributed by atoms with van der Waals surface area (Å²) in [5.74, 6) is -0.480. The van der Waals surface area contributed by atoms with Crippen molar-refractivity contribution in [2.45, 2.75) is 68.7 Å². The molecular formula is C23H37NO6. The monoisotopic (exact) mass is 423 g/mol. The Morgan fingerprint density at radius 2 is 1.90 bits per heavy atom. The highest BCUT2D eigenvalue weighted by atomic mass is 16.5. The summed E-state index contributed by atoms with van der Waals surface area (Å²) in [5, 5.41) is 46.2. The zero-order chi connectivity index (χ0) is 21.2. The molecule has 0 aromatic rings. The van der Waals surface area contributed by atoms with Gasteiger partial charge in [0.2, 0.25) is 0 Å². The molecule has 7 heteroatoms. The van der Waals surface area contributed by atoms with Crippen LogP contribution >= 0.6 is 0 Å². The smallest absolute Gasteiger partial charge is 0.0796 e. The average molecular weight is 424 g/mol. The van der Waals surface area contributed by atoms with Crippen molar-refractivity contribution in [2.24, 2.45) is 40.4 Å². The van der Waals surface area contributed by atoms with Crippen molar-refractivity contribution in [1.29, 1.82) is 0 Å². The molecule has 170 valence electrons. The minimum Gasteiger partial charge on any atom is -0.396 e. The average Bonchev–Trinajstić information content (AvgIpc) is 3.15. The summed E-state index contributed by atoms with van der Waals surface area (Å²) in [5.41, 5.74) is -1.89. The van der Waals surface area contributed by atoms with Gasteiger partial charge in [0.15, 0.2) is 0 Å². The zero-order valence-electron chi connectivity index (χ0n) is 18.3. The van der Waals surface area contributed by atoms with Crippen molar-refractivity contribution in [1.82, 2.24) is 4.90 Å². The van der Waals surface area contributed by atoms with Crippen molar-refractivity contribution >= 4 is 0 Å². The lowest BCUT2D eigenvalue weighted by atomic mass is 9.43. The number of fused-ring (bicyclic) bond motifs is 2. The predicted octanol–water partition coefficient (Wildman–Crippen LogP) is -0.152. The lowest BCUT2D eigenvalue weighted by Gasteiger charge is -2.68. The number of ether oxygens (including phenoxy) is 2. The van der Waals surface area contributed by atoms with Crippen molar-refractivity contribution in [3.63, 3.8) is 0 Å². The van der Waals surface area contributed by atoms with Gasteiger partial charge in [-0.15, -0.1) is 0 Å². The first kappa shape index (κ1) is 20.3. The number of aliphatic hydroxyl groups excluding tert-OH is 3. The van der Waals surface area contributed by atoms with Crippen molar-refractivity contribution in [2.75, 3.05) is 33.9 Å². The van der Waals surface area contributed by atoms with Crippen LogP contribution < -0.4 is 0 Å². The molecule has 1 heterocycles. The van der Waals surface area contributed by atoms with Crippen LogP contribution in [-0.4, -0.2) is 95.3 Å². The second kappa shape index (κ2) is 6.19. The molecule has 7 bridgehead atoms. The lowest BCUT2D eigenvalue weighted by Crippen LogP contribution is -2.76. The number of nitrogens with zero attached hydrogens (tertiary/aromatic N) is 1. The molecule has 7 nitrogen and oxygen atoms in total. The molecule has 1 aliphatic heterocycles. The highest BCUT2D eigenvalue weighted by molar-refractivity contribution is 5.35. The molecular weight excluding hydrogens is 386 g/mol. The van der Waals surface area contributed by atoms with Crippen LogP contribution in [0.5, 0.6) is 0 Å². The van der Waals surface area contributed by atoms with Gasteiger partial charge in [0.05, 0.1) is 36.6 Å². The summed E-state index contributed by atoms with van der Waals surface area (Å²) >= 11 is 0. The molecule has 6 rings (SSSR count). The van der Waals surface area contributed by atoms with Crippen LogP contribution in [0.25, 0.3) is 0 Å². The molecule has 5 saturated carbocycles. The van der Waals surface area contributed by atoms with E-state index in [4.69, 9.17) is 9.47 Å².